The molecule has 3 atom stereocenters. The summed E-state index contributed by atoms with van der Waals surface area (Å²) in [4.78, 5) is 23.0. The monoisotopic (exact) mass is 526 g/mol. The minimum atomic E-state index is -4.43. The van der Waals surface area contributed by atoms with Crippen LogP contribution in [0.1, 0.15) is 30.4 Å². The second-order valence-corrected chi connectivity index (χ2v) is 9.51. The summed E-state index contributed by atoms with van der Waals surface area (Å²) in [6.07, 6.45) is -1.92. The van der Waals surface area contributed by atoms with Gasteiger partial charge in [0, 0.05) is 31.6 Å². The Morgan fingerprint density at radius 2 is 1.92 bits per heavy atom. The number of alkyl halides is 3. The molecule has 37 heavy (non-hydrogen) atoms. The van der Waals surface area contributed by atoms with Gasteiger partial charge in [0.05, 0.1) is 18.3 Å². The number of piperidine rings is 1. The van der Waals surface area contributed by atoms with Crippen LogP contribution in [0, 0.1) is 11.7 Å². The fourth-order valence-electron chi connectivity index (χ4n) is 4.58. The van der Waals surface area contributed by atoms with Crippen LogP contribution >= 0.6 is 0 Å². The number of carbonyl (C=O) groups is 1. The highest BCUT2D eigenvalue weighted by molar-refractivity contribution is 5.80. The third-order valence-corrected chi connectivity index (χ3v) is 6.89. The van der Waals surface area contributed by atoms with E-state index in [9.17, 15) is 28.2 Å². The molecule has 1 saturated heterocycles. The average molecular weight is 527 g/mol. The van der Waals surface area contributed by atoms with E-state index in [4.69, 9.17) is 5.73 Å². The molecule has 0 radical (unpaired) electrons. The van der Waals surface area contributed by atoms with Crippen molar-refractivity contribution in [2.24, 2.45) is 11.7 Å². The Hall–Kier alpha value is -3.03. The van der Waals surface area contributed by atoms with Crippen molar-refractivity contribution in [1.29, 1.82) is 0 Å². The Morgan fingerprint density at radius 3 is 2.49 bits per heavy atom. The molecule has 1 aliphatic carbocycles. The molecule has 2 unspecified atom stereocenters. The zero-order chi connectivity index (χ0) is 26.7. The van der Waals surface area contributed by atoms with Crippen LogP contribution in [0.25, 0.3) is 0 Å². The lowest BCUT2D eigenvalue weighted by atomic mass is 9.92. The molecule has 2 aromatic rings. The maximum Gasteiger partial charge on any atom is 0.416 e. The predicted octanol–water partition coefficient (Wildman–Crippen LogP) is 1.74. The first-order valence-corrected chi connectivity index (χ1v) is 12.1. The van der Waals surface area contributed by atoms with Crippen molar-refractivity contribution in [1.82, 2.24) is 14.9 Å². The first-order valence-electron chi connectivity index (χ1n) is 12.1. The third kappa shape index (κ3) is 6.46. The van der Waals surface area contributed by atoms with Crippen LogP contribution in [0.5, 0.6) is 0 Å². The maximum absolute atomic E-state index is 15.5. The van der Waals surface area contributed by atoms with Gasteiger partial charge in [-0.2, -0.15) is 17.6 Å². The van der Waals surface area contributed by atoms with Crippen LogP contribution < -0.4 is 16.0 Å². The van der Waals surface area contributed by atoms with Gasteiger partial charge >= 0.3 is 6.18 Å². The molecule has 202 valence electrons. The second-order valence-electron chi connectivity index (χ2n) is 9.51. The molecule has 1 amide bonds. The fraction of sp³-hybridized carbons (Fsp3) is 0.542. The molecule has 1 saturated carbocycles. The molecular formula is C24H30F4N6O3. The van der Waals surface area contributed by atoms with Crippen LogP contribution in [0.2, 0.25) is 0 Å². The second kappa shape index (κ2) is 11.2. The van der Waals surface area contributed by atoms with Gasteiger partial charge in [-0.25, -0.2) is 9.97 Å². The molecule has 1 aromatic carbocycles. The van der Waals surface area contributed by atoms with Crippen LogP contribution in [0.15, 0.2) is 30.6 Å². The standard InChI is InChI=1S/C24H30F4N6O3/c25-20-22(30-9-15-7-8-33(11-19(15)36)18(12-35)21(29)37)31-13-32-23(20)34(17-5-6-17)10-14-1-3-16(4-2-14)24(26,27)28/h1-4,13,15,17-19,35-36H,5-12H2,(H2,29,37)(H,30,31,32)/t15?,18?,19-/m1/s1. The molecule has 4 rings (SSSR count). The number of benzene rings is 1. The van der Waals surface area contributed by atoms with Gasteiger partial charge in [0.2, 0.25) is 11.7 Å². The number of hydrogen-bond acceptors (Lipinski definition) is 8. The van der Waals surface area contributed by atoms with Crippen molar-refractivity contribution < 1.29 is 32.6 Å². The topological polar surface area (TPSA) is 128 Å². The highest BCUT2D eigenvalue weighted by Crippen LogP contribution is 2.35. The number of hydrogen-bond donors (Lipinski definition) is 4. The van der Waals surface area contributed by atoms with Crippen molar-refractivity contribution in [3.63, 3.8) is 0 Å². The Balaban J connectivity index is 1.42. The largest absolute Gasteiger partial charge is 0.416 e. The van der Waals surface area contributed by atoms with Gasteiger partial charge in [-0.05, 0) is 43.5 Å². The molecule has 9 nitrogen and oxygen atoms in total. The Bertz CT molecular complexity index is 1080. The minimum Gasteiger partial charge on any atom is -0.394 e. The molecule has 0 spiro atoms. The van der Waals surface area contributed by atoms with Crippen molar-refractivity contribution >= 4 is 17.5 Å². The zero-order valence-corrected chi connectivity index (χ0v) is 20.0. The normalized spacial score (nSPS) is 21.5. The SMILES string of the molecule is NC(=O)C(CO)N1CCC(CNc2ncnc(N(Cc3ccc(C(F)(F)F)cc3)C3CC3)c2F)[C@H](O)C1. The van der Waals surface area contributed by atoms with Gasteiger partial charge < -0.3 is 26.2 Å². The van der Waals surface area contributed by atoms with Gasteiger partial charge in [0.1, 0.15) is 12.4 Å². The van der Waals surface area contributed by atoms with Gasteiger partial charge in [0.25, 0.3) is 0 Å². The quantitative estimate of drug-likeness (QED) is 0.345. The van der Waals surface area contributed by atoms with Gasteiger partial charge in [-0.1, -0.05) is 12.1 Å². The summed E-state index contributed by atoms with van der Waals surface area (Å²) < 4.78 is 54.1. The maximum atomic E-state index is 15.5. The number of amides is 1. The molecule has 5 N–H and O–H groups in total. The van der Waals surface area contributed by atoms with E-state index in [1.54, 1.807) is 9.80 Å². The van der Waals surface area contributed by atoms with Crippen LogP contribution in [-0.2, 0) is 17.5 Å². The number of aliphatic hydroxyl groups excluding tert-OH is 2. The summed E-state index contributed by atoms with van der Waals surface area (Å²) in [6, 6.07) is 3.92. The third-order valence-electron chi connectivity index (χ3n) is 6.89. The van der Waals surface area contributed by atoms with Crippen LogP contribution in [0.4, 0.5) is 29.2 Å². The number of primary amides is 1. The Kier molecular flexibility index (Phi) is 8.14. The van der Waals surface area contributed by atoms with Crippen molar-refractivity contribution in [2.75, 3.05) is 36.5 Å². The minimum absolute atomic E-state index is 0.0235. The summed E-state index contributed by atoms with van der Waals surface area (Å²) in [5.41, 5.74) is 5.16. The molecule has 2 aliphatic rings. The lowest BCUT2D eigenvalue weighted by molar-refractivity contribution is -0.137. The Morgan fingerprint density at radius 1 is 1.22 bits per heavy atom. The van der Waals surface area contributed by atoms with Gasteiger partial charge in [-0.3, -0.25) is 9.69 Å². The van der Waals surface area contributed by atoms with Gasteiger partial charge in [0.15, 0.2) is 11.6 Å². The number of halogens is 4. The molecule has 1 aromatic heterocycles. The first kappa shape index (κ1) is 27.0. The van der Waals surface area contributed by atoms with E-state index in [2.05, 4.69) is 15.3 Å². The van der Waals surface area contributed by atoms with Crippen molar-refractivity contribution in [2.45, 2.75) is 50.2 Å². The molecule has 2 fully saturated rings. The number of aromatic nitrogens is 2. The summed E-state index contributed by atoms with van der Waals surface area (Å²) in [6.45, 7) is 0.534. The molecule has 1 aliphatic heterocycles. The van der Waals surface area contributed by atoms with E-state index in [0.717, 1.165) is 25.0 Å². The van der Waals surface area contributed by atoms with Gasteiger partial charge in [-0.15, -0.1) is 0 Å². The summed E-state index contributed by atoms with van der Waals surface area (Å²) in [5, 5.41) is 22.9. The molecule has 0 bridgehead atoms. The Labute approximate surface area is 211 Å². The number of aliphatic hydroxyl groups is 2. The number of rotatable bonds is 10. The first-order chi connectivity index (χ1) is 17.6. The summed E-state index contributed by atoms with van der Waals surface area (Å²) >= 11 is 0. The zero-order valence-electron chi connectivity index (χ0n) is 20.0. The number of nitrogens with one attached hydrogen (secondary N) is 1. The van der Waals surface area contributed by atoms with Crippen LogP contribution in [-0.4, -0.2) is 75.4 Å². The predicted molar refractivity (Wildman–Crippen MR) is 127 cm³/mol. The lowest BCUT2D eigenvalue weighted by Gasteiger charge is -2.38. The van der Waals surface area contributed by atoms with E-state index < -0.39 is 42.2 Å². The summed E-state index contributed by atoms with van der Waals surface area (Å²) in [7, 11) is 0. The van der Waals surface area contributed by atoms with Crippen molar-refractivity contribution in [3.05, 3.63) is 47.5 Å². The van der Waals surface area contributed by atoms with E-state index in [1.807, 2.05) is 0 Å². The highest BCUT2D eigenvalue weighted by atomic mass is 19.4. The van der Waals surface area contributed by atoms with Crippen molar-refractivity contribution in [3.8, 4) is 0 Å². The van der Waals surface area contributed by atoms with E-state index in [0.29, 0.717) is 18.5 Å². The number of carbonyl (C=O) groups excluding carboxylic acids is 1. The number of anilines is 2. The van der Waals surface area contributed by atoms with Crippen LogP contribution in [0.3, 0.4) is 0 Å². The number of nitrogens with two attached hydrogens (primary N) is 1. The summed E-state index contributed by atoms with van der Waals surface area (Å²) in [5.74, 6) is -1.58. The fourth-order valence-corrected chi connectivity index (χ4v) is 4.58. The van der Waals surface area contributed by atoms with E-state index >= 15 is 4.39 Å². The molecule has 2 heterocycles. The average Bonchev–Trinajstić information content (AvgIpc) is 3.68. The van der Waals surface area contributed by atoms with E-state index in [-0.39, 0.29) is 43.2 Å². The number of likely N-dealkylation sites (tertiary alicyclic amines) is 1. The molecule has 13 heteroatoms. The highest BCUT2D eigenvalue weighted by Gasteiger charge is 2.35. The lowest BCUT2D eigenvalue weighted by Crippen LogP contribution is -2.55. The number of β-amino-alcohol motifs (C(OH)–C–C–N with tert-alkyl or cyclic N) is 1. The smallest absolute Gasteiger partial charge is 0.394 e. The molecular weight excluding hydrogens is 496 g/mol. The number of nitrogens with zero attached hydrogens (tertiary/aromatic N) is 4. The van der Waals surface area contributed by atoms with E-state index in [1.165, 1.54) is 18.5 Å².